The van der Waals surface area contributed by atoms with Gasteiger partial charge in [-0.2, -0.15) is 0 Å². The van der Waals surface area contributed by atoms with E-state index in [-0.39, 0.29) is 0 Å². The number of hydrogen-bond acceptors (Lipinski definition) is 3. The lowest BCUT2D eigenvalue weighted by atomic mass is 10.1. The van der Waals surface area contributed by atoms with Gasteiger partial charge in [0.1, 0.15) is 0 Å². The van der Waals surface area contributed by atoms with Gasteiger partial charge in [0.05, 0.1) is 17.6 Å². The SMILES string of the molecule is CCNC(C)c1ccc(N(CC(C)C)C(C)C)cn1. The fourth-order valence-electron chi connectivity index (χ4n) is 2.24. The van der Waals surface area contributed by atoms with E-state index in [0.717, 1.165) is 18.8 Å². The van der Waals surface area contributed by atoms with Gasteiger partial charge in [-0.3, -0.25) is 4.98 Å². The number of aromatic nitrogens is 1. The van der Waals surface area contributed by atoms with Gasteiger partial charge in [-0.1, -0.05) is 20.8 Å². The maximum Gasteiger partial charge on any atom is 0.0572 e. The van der Waals surface area contributed by atoms with Crippen LogP contribution >= 0.6 is 0 Å². The molecular formula is C16H29N3. The number of nitrogens with zero attached hydrogens (tertiary/aromatic N) is 2. The Hall–Kier alpha value is -1.09. The summed E-state index contributed by atoms with van der Waals surface area (Å²) in [5.74, 6) is 0.655. The Kier molecular flexibility index (Phi) is 6.29. The third kappa shape index (κ3) is 4.83. The molecule has 0 aliphatic carbocycles. The first-order valence-electron chi connectivity index (χ1n) is 7.41. The molecule has 0 bridgehead atoms. The Balaban J connectivity index is 2.83. The largest absolute Gasteiger partial charge is 0.368 e. The second kappa shape index (κ2) is 7.49. The molecule has 0 aromatic carbocycles. The summed E-state index contributed by atoms with van der Waals surface area (Å²) in [6.45, 7) is 15.3. The summed E-state index contributed by atoms with van der Waals surface area (Å²) in [6, 6.07) is 5.15. The van der Waals surface area contributed by atoms with E-state index in [1.807, 2.05) is 6.20 Å². The van der Waals surface area contributed by atoms with Crippen LogP contribution in [0.3, 0.4) is 0 Å². The van der Waals surface area contributed by atoms with Crippen molar-refractivity contribution in [3.8, 4) is 0 Å². The fourth-order valence-corrected chi connectivity index (χ4v) is 2.24. The molecule has 1 heterocycles. The first-order valence-corrected chi connectivity index (χ1v) is 7.41. The highest BCUT2D eigenvalue weighted by Crippen LogP contribution is 2.19. The van der Waals surface area contributed by atoms with Crippen LogP contribution in [0.5, 0.6) is 0 Å². The van der Waals surface area contributed by atoms with Crippen molar-refractivity contribution in [2.45, 2.75) is 53.6 Å². The molecular weight excluding hydrogens is 234 g/mol. The Morgan fingerprint density at radius 1 is 1.16 bits per heavy atom. The Labute approximate surface area is 118 Å². The molecule has 1 rings (SSSR count). The zero-order valence-electron chi connectivity index (χ0n) is 13.3. The molecule has 0 aliphatic rings. The second-order valence-electron chi connectivity index (χ2n) is 5.86. The van der Waals surface area contributed by atoms with Crippen molar-refractivity contribution in [1.82, 2.24) is 10.3 Å². The van der Waals surface area contributed by atoms with E-state index < -0.39 is 0 Å². The van der Waals surface area contributed by atoms with Gasteiger partial charge in [0, 0.05) is 18.6 Å². The summed E-state index contributed by atoms with van der Waals surface area (Å²) < 4.78 is 0. The van der Waals surface area contributed by atoms with E-state index in [9.17, 15) is 0 Å². The van der Waals surface area contributed by atoms with Gasteiger partial charge < -0.3 is 10.2 Å². The average molecular weight is 263 g/mol. The molecule has 0 aliphatic heterocycles. The van der Waals surface area contributed by atoms with Gasteiger partial charge in [0.25, 0.3) is 0 Å². The van der Waals surface area contributed by atoms with E-state index in [2.05, 4.69) is 68.9 Å². The highest BCUT2D eigenvalue weighted by atomic mass is 15.2. The quantitative estimate of drug-likeness (QED) is 0.814. The van der Waals surface area contributed by atoms with Gasteiger partial charge in [0.2, 0.25) is 0 Å². The fraction of sp³-hybridized carbons (Fsp3) is 0.688. The van der Waals surface area contributed by atoms with Crippen LogP contribution in [0.15, 0.2) is 18.3 Å². The van der Waals surface area contributed by atoms with Crippen molar-refractivity contribution in [3.63, 3.8) is 0 Å². The summed E-state index contributed by atoms with van der Waals surface area (Å²) in [4.78, 5) is 7.02. The average Bonchev–Trinajstić information content (AvgIpc) is 2.36. The summed E-state index contributed by atoms with van der Waals surface area (Å²) in [6.07, 6.45) is 2.01. The van der Waals surface area contributed by atoms with Crippen LogP contribution in [0.4, 0.5) is 5.69 Å². The molecule has 1 N–H and O–H groups in total. The van der Waals surface area contributed by atoms with Crippen LogP contribution in [0, 0.1) is 5.92 Å². The van der Waals surface area contributed by atoms with Crippen molar-refractivity contribution in [2.24, 2.45) is 5.92 Å². The minimum absolute atomic E-state index is 0.316. The van der Waals surface area contributed by atoms with Crippen LogP contribution in [0.25, 0.3) is 0 Å². The van der Waals surface area contributed by atoms with Crippen LogP contribution < -0.4 is 10.2 Å². The molecule has 0 spiro atoms. The zero-order valence-corrected chi connectivity index (χ0v) is 13.3. The van der Waals surface area contributed by atoms with E-state index in [1.54, 1.807) is 0 Å². The lowest BCUT2D eigenvalue weighted by molar-refractivity contribution is 0.567. The monoisotopic (exact) mass is 263 g/mol. The predicted molar refractivity (Wildman–Crippen MR) is 83.6 cm³/mol. The second-order valence-corrected chi connectivity index (χ2v) is 5.86. The molecule has 0 amide bonds. The molecule has 0 saturated heterocycles. The van der Waals surface area contributed by atoms with Crippen molar-refractivity contribution >= 4 is 5.69 Å². The van der Waals surface area contributed by atoms with E-state index in [4.69, 9.17) is 0 Å². The number of pyridine rings is 1. The molecule has 1 unspecified atom stereocenters. The highest BCUT2D eigenvalue weighted by Gasteiger charge is 2.13. The van der Waals surface area contributed by atoms with E-state index in [1.165, 1.54) is 5.69 Å². The smallest absolute Gasteiger partial charge is 0.0572 e. The molecule has 3 heteroatoms. The topological polar surface area (TPSA) is 28.2 Å². The Morgan fingerprint density at radius 2 is 1.84 bits per heavy atom. The molecule has 108 valence electrons. The maximum absolute atomic E-state index is 4.60. The zero-order chi connectivity index (χ0) is 14.4. The van der Waals surface area contributed by atoms with Crippen molar-refractivity contribution in [2.75, 3.05) is 18.0 Å². The van der Waals surface area contributed by atoms with Crippen molar-refractivity contribution in [1.29, 1.82) is 0 Å². The molecule has 1 aromatic rings. The normalized spacial score (nSPS) is 13.1. The minimum Gasteiger partial charge on any atom is -0.368 e. The van der Waals surface area contributed by atoms with Crippen molar-refractivity contribution < 1.29 is 0 Å². The van der Waals surface area contributed by atoms with Gasteiger partial charge in [-0.05, 0) is 45.4 Å². The summed E-state index contributed by atoms with van der Waals surface area (Å²) >= 11 is 0. The third-order valence-corrected chi connectivity index (χ3v) is 3.24. The first-order chi connectivity index (χ1) is 8.95. The van der Waals surface area contributed by atoms with Crippen LogP contribution in [0.1, 0.15) is 53.3 Å². The summed E-state index contributed by atoms with van der Waals surface area (Å²) in [5.41, 5.74) is 2.33. The highest BCUT2D eigenvalue weighted by molar-refractivity contribution is 5.45. The van der Waals surface area contributed by atoms with Crippen LogP contribution in [-0.4, -0.2) is 24.1 Å². The molecule has 0 saturated carbocycles. The summed E-state index contributed by atoms with van der Waals surface area (Å²) in [5, 5.41) is 3.39. The van der Waals surface area contributed by atoms with E-state index in [0.29, 0.717) is 18.0 Å². The lowest BCUT2D eigenvalue weighted by Crippen LogP contribution is -2.34. The Bertz CT molecular complexity index is 357. The van der Waals surface area contributed by atoms with Gasteiger partial charge in [0.15, 0.2) is 0 Å². The standard InChI is InChI=1S/C16H29N3/c1-7-17-14(6)16-9-8-15(10-18-16)19(13(4)5)11-12(2)3/h8-10,12-14,17H,7,11H2,1-6H3. The van der Waals surface area contributed by atoms with E-state index >= 15 is 0 Å². The first kappa shape index (κ1) is 16.0. The summed E-state index contributed by atoms with van der Waals surface area (Å²) in [7, 11) is 0. The molecule has 1 atom stereocenters. The molecule has 19 heavy (non-hydrogen) atoms. The lowest BCUT2D eigenvalue weighted by Gasteiger charge is -2.30. The Morgan fingerprint density at radius 3 is 2.26 bits per heavy atom. The predicted octanol–water partition coefficient (Wildman–Crippen LogP) is 3.62. The number of nitrogens with one attached hydrogen (secondary N) is 1. The maximum atomic E-state index is 4.60. The third-order valence-electron chi connectivity index (χ3n) is 3.24. The molecule has 0 fully saturated rings. The number of hydrogen-bond donors (Lipinski definition) is 1. The van der Waals surface area contributed by atoms with Crippen LogP contribution in [0.2, 0.25) is 0 Å². The van der Waals surface area contributed by atoms with Gasteiger partial charge >= 0.3 is 0 Å². The van der Waals surface area contributed by atoms with Crippen LogP contribution in [-0.2, 0) is 0 Å². The van der Waals surface area contributed by atoms with Crippen molar-refractivity contribution in [3.05, 3.63) is 24.0 Å². The number of anilines is 1. The molecule has 0 radical (unpaired) electrons. The molecule has 1 aromatic heterocycles. The minimum atomic E-state index is 0.316. The van der Waals surface area contributed by atoms with Gasteiger partial charge in [-0.15, -0.1) is 0 Å². The van der Waals surface area contributed by atoms with Gasteiger partial charge in [-0.25, -0.2) is 0 Å². The molecule has 3 nitrogen and oxygen atoms in total. The number of rotatable bonds is 7.